The zero-order chi connectivity index (χ0) is 17.1. The Kier molecular flexibility index (Phi) is 4.30. The molecule has 9 nitrogen and oxygen atoms in total. The normalized spacial score (nSPS) is 16.9. The monoisotopic (exact) mass is 342 g/mol. The van der Waals surface area contributed by atoms with Gasteiger partial charge in [0, 0.05) is 18.4 Å². The van der Waals surface area contributed by atoms with Crippen molar-refractivity contribution in [2.45, 2.75) is 18.9 Å². The van der Waals surface area contributed by atoms with E-state index < -0.39 is 0 Å². The van der Waals surface area contributed by atoms with Crippen LogP contribution in [0.25, 0.3) is 5.65 Å². The summed E-state index contributed by atoms with van der Waals surface area (Å²) in [5.74, 6) is 1.95. The molecule has 1 saturated heterocycles. The highest BCUT2D eigenvalue weighted by atomic mass is 16.5. The molecule has 0 radical (unpaired) electrons. The fourth-order valence-electron chi connectivity index (χ4n) is 2.69. The maximum absolute atomic E-state index is 5.90. The average molecular weight is 342 g/mol. The molecule has 25 heavy (non-hydrogen) atoms. The number of tetrazole rings is 1. The van der Waals surface area contributed by atoms with E-state index in [0.29, 0.717) is 29.6 Å². The molecule has 9 heteroatoms. The van der Waals surface area contributed by atoms with E-state index in [9.17, 15) is 0 Å². The lowest BCUT2D eigenvalue weighted by atomic mass is 10.2. The van der Waals surface area contributed by atoms with Crippen LogP contribution in [-0.2, 0) is 4.74 Å². The first-order chi connectivity index (χ1) is 12.3. The van der Waals surface area contributed by atoms with E-state index in [4.69, 9.17) is 14.2 Å². The van der Waals surface area contributed by atoms with Crippen LogP contribution in [0, 0.1) is 0 Å². The Morgan fingerprint density at radius 1 is 1.28 bits per heavy atom. The summed E-state index contributed by atoms with van der Waals surface area (Å²) in [6.45, 7) is 1.31. The number of rotatable bonds is 6. The molecule has 2 aromatic heterocycles. The molecule has 1 aliphatic heterocycles. The fraction of sp³-hybridized carbons (Fsp3) is 0.375. The quantitative estimate of drug-likeness (QED) is 0.725. The number of benzene rings is 1. The zero-order valence-electron chi connectivity index (χ0n) is 13.8. The highest BCUT2D eigenvalue weighted by Gasteiger charge is 2.17. The number of nitrogens with zero attached hydrogens (tertiary/aromatic N) is 5. The second-order valence-electron chi connectivity index (χ2n) is 5.68. The Bertz CT molecular complexity index is 862. The smallest absolute Gasteiger partial charge is 0.200 e. The van der Waals surface area contributed by atoms with Crippen LogP contribution in [0.5, 0.6) is 11.5 Å². The second-order valence-corrected chi connectivity index (χ2v) is 5.68. The van der Waals surface area contributed by atoms with Gasteiger partial charge in [0.05, 0.1) is 13.2 Å². The van der Waals surface area contributed by atoms with Crippen molar-refractivity contribution >= 4 is 17.2 Å². The highest BCUT2D eigenvalue weighted by Crippen LogP contribution is 2.31. The van der Waals surface area contributed by atoms with Gasteiger partial charge >= 0.3 is 0 Å². The lowest BCUT2D eigenvalue weighted by Gasteiger charge is -2.15. The van der Waals surface area contributed by atoms with Gasteiger partial charge in [-0.2, -0.15) is 0 Å². The van der Waals surface area contributed by atoms with E-state index in [-0.39, 0.29) is 6.10 Å². The largest absolute Gasteiger partial charge is 0.493 e. The van der Waals surface area contributed by atoms with Gasteiger partial charge in [-0.15, -0.1) is 14.8 Å². The number of hydrogen-bond donors (Lipinski definition) is 1. The van der Waals surface area contributed by atoms with Crippen molar-refractivity contribution in [1.82, 2.24) is 25.3 Å². The number of anilines is 2. The van der Waals surface area contributed by atoms with E-state index in [0.717, 1.165) is 25.1 Å². The first-order valence-corrected chi connectivity index (χ1v) is 8.07. The molecule has 0 bridgehead atoms. The summed E-state index contributed by atoms with van der Waals surface area (Å²) in [5, 5.41) is 18.7. The van der Waals surface area contributed by atoms with Crippen LogP contribution >= 0.6 is 0 Å². The van der Waals surface area contributed by atoms with E-state index in [1.54, 1.807) is 13.2 Å². The zero-order valence-corrected chi connectivity index (χ0v) is 13.8. The molecular formula is C16H18N6O3. The third-order valence-corrected chi connectivity index (χ3v) is 3.95. The molecule has 1 N–H and O–H groups in total. The lowest BCUT2D eigenvalue weighted by molar-refractivity contribution is 0.0670. The van der Waals surface area contributed by atoms with Crippen LogP contribution in [0.1, 0.15) is 12.8 Å². The molecule has 130 valence electrons. The van der Waals surface area contributed by atoms with Gasteiger partial charge in [0.1, 0.15) is 6.61 Å². The van der Waals surface area contributed by atoms with Crippen molar-refractivity contribution in [2.24, 2.45) is 0 Å². The van der Waals surface area contributed by atoms with Gasteiger partial charge in [-0.3, -0.25) is 0 Å². The Hall–Kier alpha value is -2.94. The summed E-state index contributed by atoms with van der Waals surface area (Å²) in [7, 11) is 1.62. The van der Waals surface area contributed by atoms with E-state index in [1.165, 1.54) is 4.63 Å². The minimum Gasteiger partial charge on any atom is -0.493 e. The molecule has 1 aliphatic rings. The van der Waals surface area contributed by atoms with Gasteiger partial charge in [-0.1, -0.05) is 0 Å². The summed E-state index contributed by atoms with van der Waals surface area (Å²) >= 11 is 0. The molecular weight excluding hydrogens is 324 g/mol. The standard InChI is InChI=1S/C16H18N6O3/c1-23-13-5-4-11(9-14(13)25-10-12-3-2-8-24-12)17-15-6-7-16-18-20-21-22(16)19-15/h4-7,9,12H,2-3,8,10H2,1H3,(H,17,19)/t12-/m0/s1. The van der Waals surface area contributed by atoms with E-state index in [2.05, 4.69) is 25.9 Å². The molecule has 1 atom stereocenters. The summed E-state index contributed by atoms with van der Waals surface area (Å²) in [6.07, 6.45) is 2.25. The predicted molar refractivity (Wildman–Crippen MR) is 89.3 cm³/mol. The first kappa shape index (κ1) is 15.6. The van der Waals surface area contributed by atoms with Crippen LogP contribution in [0.4, 0.5) is 11.5 Å². The second kappa shape index (κ2) is 6.89. The van der Waals surface area contributed by atoms with Gasteiger partial charge in [0.15, 0.2) is 23.0 Å². The van der Waals surface area contributed by atoms with Gasteiger partial charge in [-0.25, -0.2) is 0 Å². The molecule has 1 aromatic carbocycles. The van der Waals surface area contributed by atoms with Gasteiger partial charge in [-0.05, 0) is 47.5 Å². The third-order valence-electron chi connectivity index (χ3n) is 3.95. The highest BCUT2D eigenvalue weighted by molar-refractivity contribution is 5.61. The summed E-state index contributed by atoms with van der Waals surface area (Å²) < 4.78 is 18.2. The average Bonchev–Trinajstić information content (AvgIpc) is 3.31. The predicted octanol–water partition coefficient (Wildman–Crippen LogP) is 1.83. The SMILES string of the molecule is COc1ccc(Nc2ccc3nnnn3n2)cc1OC[C@@H]1CCCO1. The van der Waals surface area contributed by atoms with E-state index >= 15 is 0 Å². The number of nitrogens with one attached hydrogen (secondary N) is 1. The molecule has 0 saturated carbocycles. The fourth-order valence-corrected chi connectivity index (χ4v) is 2.69. The van der Waals surface area contributed by atoms with Crippen molar-refractivity contribution in [3.8, 4) is 11.5 Å². The number of aromatic nitrogens is 5. The Labute approximate surface area is 143 Å². The Morgan fingerprint density at radius 3 is 3.08 bits per heavy atom. The number of ether oxygens (including phenoxy) is 3. The molecule has 3 aromatic rings. The Morgan fingerprint density at radius 2 is 2.24 bits per heavy atom. The minimum atomic E-state index is 0.144. The molecule has 0 spiro atoms. The summed E-state index contributed by atoms with van der Waals surface area (Å²) in [5.41, 5.74) is 1.41. The minimum absolute atomic E-state index is 0.144. The van der Waals surface area contributed by atoms with Crippen LogP contribution in [0.15, 0.2) is 30.3 Å². The van der Waals surface area contributed by atoms with Crippen molar-refractivity contribution in [2.75, 3.05) is 25.6 Å². The van der Waals surface area contributed by atoms with Gasteiger partial charge in [0.25, 0.3) is 0 Å². The van der Waals surface area contributed by atoms with Crippen LogP contribution in [-0.4, -0.2) is 51.7 Å². The number of methoxy groups -OCH3 is 1. The lowest BCUT2D eigenvalue weighted by Crippen LogP contribution is -2.16. The van der Waals surface area contributed by atoms with Crippen molar-refractivity contribution in [3.63, 3.8) is 0 Å². The first-order valence-electron chi connectivity index (χ1n) is 8.07. The molecule has 1 fully saturated rings. The Balaban J connectivity index is 1.51. The number of hydrogen-bond acceptors (Lipinski definition) is 8. The maximum atomic E-state index is 5.90. The number of fused-ring (bicyclic) bond motifs is 1. The van der Waals surface area contributed by atoms with Crippen LogP contribution < -0.4 is 14.8 Å². The maximum Gasteiger partial charge on any atom is 0.200 e. The van der Waals surface area contributed by atoms with E-state index in [1.807, 2.05) is 24.3 Å². The van der Waals surface area contributed by atoms with Gasteiger partial charge < -0.3 is 19.5 Å². The molecule has 4 rings (SSSR count). The van der Waals surface area contributed by atoms with Gasteiger partial charge in [0.2, 0.25) is 0 Å². The molecule has 0 amide bonds. The van der Waals surface area contributed by atoms with Crippen LogP contribution in [0.3, 0.4) is 0 Å². The molecule has 0 unspecified atom stereocenters. The third kappa shape index (κ3) is 3.45. The molecule has 3 heterocycles. The van der Waals surface area contributed by atoms with Crippen molar-refractivity contribution in [3.05, 3.63) is 30.3 Å². The summed E-state index contributed by atoms with van der Waals surface area (Å²) in [6, 6.07) is 9.21. The molecule has 0 aliphatic carbocycles. The van der Waals surface area contributed by atoms with Crippen LogP contribution in [0.2, 0.25) is 0 Å². The van der Waals surface area contributed by atoms with Crippen molar-refractivity contribution in [1.29, 1.82) is 0 Å². The summed E-state index contributed by atoms with van der Waals surface area (Å²) in [4.78, 5) is 0. The van der Waals surface area contributed by atoms with Crippen molar-refractivity contribution < 1.29 is 14.2 Å². The topological polar surface area (TPSA) is 95.7 Å².